The Labute approximate surface area is 120 Å². The van der Waals surface area contributed by atoms with Gasteiger partial charge < -0.3 is 15.8 Å². The van der Waals surface area contributed by atoms with E-state index in [1.54, 1.807) is 25.3 Å². The van der Waals surface area contributed by atoms with Crippen LogP contribution in [0.3, 0.4) is 0 Å². The number of ether oxygens (including phenoxy) is 1. The number of primary amides is 1. The number of nitrogens with two attached hydrogens (primary N) is 1. The average molecular weight is 329 g/mol. The summed E-state index contributed by atoms with van der Waals surface area (Å²) in [7, 11) is 1.57. The lowest BCUT2D eigenvalue weighted by Crippen LogP contribution is -2.23. The average Bonchev–Trinajstić information content (AvgIpc) is 2.37. The van der Waals surface area contributed by atoms with E-state index in [1.807, 2.05) is 6.92 Å². The van der Waals surface area contributed by atoms with Crippen molar-refractivity contribution < 1.29 is 14.3 Å². The molecular weight excluding hydrogens is 312 g/mol. The number of halogens is 1. The van der Waals surface area contributed by atoms with E-state index in [1.165, 1.54) is 0 Å². The minimum atomic E-state index is -0.588. The zero-order valence-electron chi connectivity index (χ0n) is 10.9. The monoisotopic (exact) mass is 328 g/mol. The summed E-state index contributed by atoms with van der Waals surface area (Å²) in [5, 5.41) is 2.68. The van der Waals surface area contributed by atoms with E-state index in [4.69, 9.17) is 10.5 Å². The van der Waals surface area contributed by atoms with Gasteiger partial charge in [0.1, 0.15) is 0 Å². The Kier molecular flexibility index (Phi) is 5.98. The van der Waals surface area contributed by atoms with Crippen molar-refractivity contribution in [1.82, 2.24) is 0 Å². The Morgan fingerprint density at radius 3 is 2.68 bits per heavy atom. The van der Waals surface area contributed by atoms with Crippen molar-refractivity contribution in [2.75, 3.05) is 12.4 Å². The summed E-state index contributed by atoms with van der Waals surface area (Å²) in [4.78, 5) is 23.2. The fourth-order valence-corrected chi connectivity index (χ4v) is 1.99. The summed E-state index contributed by atoms with van der Waals surface area (Å²) in [6.07, 6.45) is 0.848. The number of amides is 2. The minimum Gasteiger partial charge on any atom is -0.381 e. The number of nitrogens with one attached hydrogen (secondary N) is 1. The van der Waals surface area contributed by atoms with Crippen LogP contribution in [0.1, 0.15) is 30.1 Å². The number of hydrogen-bond acceptors (Lipinski definition) is 3. The molecule has 0 aromatic heterocycles. The molecule has 0 bridgehead atoms. The van der Waals surface area contributed by atoms with E-state index >= 15 is 0 Å². The molecule has 0 radical (unpaired) electrons. The predicted octanol–water partition coefficient (Wildman–Crippen LogP) is 2.30. The number of benzene rings is 1. The first kappa shape index (κ1) is 15.7. The maximum absolute atomic E-state index is 11.8. The molecule has 6 heteroatoms. The fraction of sp³-hybridized carbons (Fsp3) is 0.385. The molecular formula is C13H17BrN2O3. The lowest BCUT2D eigenvalue weighted by atomic mass is 10.1. The highest BCUT2D eigenvalue weighted by molar-refractivity contribution is 9.10. The third-order valence-corrected chi connectivity index (χ3v) is 3.22. The quantitative estimate of drug-likeness (QED) is 0.840. The molecule has 0 saturated carbocycles. The maximum atomic E-state index is 11.8. The molecule has 1 atom stereocenters. The summed E-state index contributed by atoms with van der Waals surface area (Å²) in [6.45, 7) is 1.94. The van der Waals surface area contributed by atoms with Crippen molar-refractivity contribution in [2.24, 2.45) is 5.73 Å². The minimum absolute atomic E-state index is 0.132. The topological polar surface area (TPSA) is 81.4 Å². The van der Waals surface area contributed by atoms with Crippen LogP contribution in [0.25, 0.3) is 0 Å². The van der Waals surface area contributed by atoms with Crippen molar-refractivity contribution in [3.63, 3.8) is 0 Å². The van der Waals surface area contributed by atoms with Crippen LogP contribution >= 0.6 is 15.9 Å². The SMILES string of the molecule is CCC(CC(=O)Nc1ccc(Br)cc1C(N)=O)OC. The molecule has 3 N–H and O–H groups in total. The Balaban J connectivity index is 2.82. The van der Waals surface area contributed by atoms with Crippen LogP contribution in [0.15, 0.2) is 22.7 Å². The molecule has 0 heterocycles. The molecule has 1 unspecified atom stereocenters. The van der Waals surface area contributed by atoms with Gasteiger partial charge in [-0.1, -0.05) is 22.9 Å². The Morgan fingerprint density at radius 1 is 1.47 bits per heavy atom. The van der Waals surface area contributed by atoms with Crippen LogP contribution < -0.4 is 11.1 Å². The van der Waals surface area contributed by atoms with Crippen LogP contribution in [0.5, 0.6) is 0 Å². The number of hydrogen-bond donors (Lipinski definition) is 2. The van der Waals surface area contributed by atoms with Crippen LogP contribution in [0.4, 0.5) is 5.69 Å². The first-order chi connectivity index (χ1) is 8.97. The highest BCUT2D eigenvalue weighted by Gasteiger charge is 2.14. The van der Waals surface area contributed by atoms with Gasteiger partial charge in [0.05, 0.1) is 23.8 Å². The third kappa shape index (κ3) is 4.65. The highest BCUT2D eigenvalue weighted by atomic mass is 79.9. The van der Waals surface area contributed by atoms with Crippen LogP contribution in [0.2, 0.25) is 0 Å². The fourth-order valence-electron chi connectivity index (χ4n) is 1.63. The molecule has 19 heavy (non-hydrogen) atoms. The Bertz CT molecular complexity index is 473. The third-order valence-electron chi connectivity index (χ3n) is 2.72. The van der Waals surface area contributed by atoms with E-state index in [2.05, 4.69) is 21.2 Å². The second kappa shape index (κ2) is 7.25. The lowest BCUT2D eigenvalue weighted by Gasteiger charge is -2.14. The summed E-state index contributed by atoms with van der Waals surface area (Å²) in [5.74, 6) is -0.797. The largest absolute Gasteiger partial charge is 0.381 e. The van der Waals surface area contributed by atoms with Gasteiger partial charge >= 0.3 is 0 Å². The van der Waals surface area contributed by atoms with Gasteiger partial charge in [0.15, 0.2) is 0 Å². The normalized spacial score (nSPS) is 11.9. The second-order valence-electron chi connectivity index (χ2n) is 4.07. The summed E-state index contributed by atoms with van der Waals surface area (Å²) in [6, 6.07) is 4.94. The molecule has 0 fully saturated rings. The van der Waals surface area contributed by atoms with Gasteiger partial charge in [0.2, 0.25) is 5.91 Å². The van der Waals surface area contributed by atoms with E-state index in [0.29, 0.717) is 5.69 Å². The molecule has 0 aliphatic carbocycles. The van der Waals surface area contributed by atoms with Crippen LogP contribution in [0, 0.1) is 0 Å². The van der Waals surface area contributed by atoms with Gasteiger partial charge in [-0.2, -0.15) is 0 Å². The molecule has 1 aromatic rings. The number of carbonyl (C=O) groups is 2. The van der Waals surface area contributed by atoms with Crippen LogP contribution in [-0.4, -0.2) is 25.0 Å². The molecule has 5 nitrogen and oxygen atoms in total. The first-order valence-electron chi connectivity index (χ1n) is 5.90. The van der Waals surface area contributed by atoms with Crippen molar-refractivity contribution in [1.29, 1.82) is 0 Å². The molecule has 0 spiro atoms. The first-order valence-corrected chi connectivity index (χ1v) is 6.69. The number of rotatable bonds is 6. The Morgan fingerprint density at radius 2 is 2.16 bits per heavy atom. The maximum Gasteiger partial charge on any atom is 0.250 e. The van der Waals surface area contributed by atoms with Crippen molar-refractivity contribution >= 4 is 33.4 Å². The molecule has 2 amide bonds. The zero-order chi connectivity index (χ0) is 14.4. The van der Waals surface area contributed by atoms with Crippen molar-refractivity contribution in [3.05, 3.63) is 28.2 Å². The van der Waals surface area contributed by atoms with Gasteiger partial charge in [0, 0.05) is 11.6 Å². The van der Waals surface area contributed by atoms with Gasteiger partial charge in [-0.25, -0.2) is 0 Å². The smallest absolute Gasteiger partial charge is 0.250 e. The van der Waals surface area contributed by atoms with Gasteiger partial charge in [-0.15, -0.1) is 0 Å². The number of carbonyl (C=O) groups excluding carboxylic acids is 2. The highest BCUT2D eigenvalue weighted by Crippen LogP contribution is 2.21. The molecule has 104 valence electrons. The summed E-state index contributed by atoms with van der Waals surface area (Å²) < 4.78 is 5.87. The van der Waals surface area contributed by atoms with Gasteiger partial charge in [-0.05, 0) is 24.6 Å². The molecule has 0 aliphatic heterocycles. The van der Waals surface area contributed by atoms with Gasteiger partial charge in [-0.3, -0.25) is 9.59 Å². The van der Waals surface area contributed by atoms with E-state index in [0.717, 1.165) is 10.9 Å². The van der Waals surface area contributed by atoms with Crippen molar-refractivity contribution in [2.45, 2.75) is 25.9 Å². The predicted molar refractivity (Wildman–Crippen MR) is 77.0 cm³/mol. The van der Waals surface area contributed by atoms with E-state index in [9.17, 15) is 9.59 Å². The van der Waals surface area contributed by atoms with E-state index in [-0.39, 0.29) is 24.0 Å². The Hall–Kier alpha value is -1.40. The zero-order valence-corrected chi connectivity index (χ0v) is 12.5. The molecule has 0 saturated heterocycles. The number of methoxy groups -OCH3 is 1. The summed E-state index contributed by atoms with van der Waals surface area (Å²) >= 11 is 3.25. The molecule has 1 rings (SSSR count). The lowest BCUT2D eigenvalue weighted by molar-refractivity contribution is -0.118. The summed E-state index contributed by atoms with van der Waals surface area (Å²) in [5.41, 5.74) is 5.96. The standard InChI is InChI=1S/C13H17BrN2O3/c1-3-9(19-2)7-12(17)16-11-5-4-8(14)6-10(11)13(15)18/h4-6,9H,3,7H2,1-2H3,(H2,15,18)(H,16,17). The second-order valence-corrected chi connectivity index (χ2v) is 4.99. The van der Waals surface area contributed by atoms with Crippen molar-refractivity contribution in [3.8, 4) is 0 Å². The molecule has 1 aromatic carbocycles. The molecule has 0 aliphatic rings. The van der Waals surface area contributed by atoms with Crippen LogP contribution in [-0.2, 0) is 9.53 Å². The van der Waals surface area contributed by atoms with E-state index < -0.39 is 5.91 Å². The number of anilines is 1. The van der Waals surface area contributed by atoms with Gasteiger partial charge in [0.25, 0.3) is 5.91 Å².